The normalized spacial score (nSPS) is 11.5. The maximum absolute atomic E-state index is 14.3. The Kier molecular flexibility index (Phi) is 26.2. The Morgan fingerprint density at radius 2 is 0.553 bits per heavy atom. The van der Waals surface area contributed by atoms with E-state index in [0.29, 0.717) is 92.4 Å². The zero-order valence-electron chi connectivity index (χ0n) is 50.5. The molecule has 4 aromatic carbocycles. The van der Waals surface area contributed by atoms with Gasteiger partial charge in [-0.2, -0.15) is 0 Å². The first kappa shape index (κ1) is 67.3. The van der Waals surface area contributed by atoms with E-state index in [0.717, 1.165) is 0 Å². The molecule has 85 heavy (non-hydrogen) atoms. The molecule has 0 saturated carbocycles. The highest BCUT2D eigenvalue weighted by Gasteiger charge is 2.28. The number of ether oxygens (including phenoxy) is 8. The number of hydrogen-bond donors (Lipinski definition) is 0. The lowest BCUT2D eigenvalue weighted by molar-refractivity contribution is -0.146. The maximum Gasteiger partial charge on any atom is 0.333 e. The Hall–Kier alpha value is -8.47. The maximum atomic E-state index is 14.3. The predicted molar refractivity (Wildman–Crippen MR) is 320 cm³/mol. The van der Waals surface area contributed by atoms with Gasteiger partial charge in [0.1, 0.15) is 88.1 Å². The standard InChI is InChI=1S/C68H80O17/c1-12-16-57(70)45-29-49-37-51-31-46(58(71)17-13-2)33-53(63(51)80-22-25-83-66(75)41(5)6)39-55-35-48(60(73)19-15-4)36-56(65(55)82-24-27-85-68(77)43(9)10)40-54-34-47(59(72)18-14-3)32-52(64(54)81-23-26-84-67(76)42(7)8)38-50(30-45)62(49)79-21-20-78-61(74)28-44(11)69/h29-36H,5,7,9,12-28,37-40H2,1-4,6,8,10-11H3. The summed E-state index contributed by atoms with van der Waals surface area (Å²) in [5, 5.41) is 0. The average Bonchev–Trinajstić information content (AvgIpc) is 1.70. The van der Waals surface area contributed by atoms with Gasteiger partial charge >= 0.3 is 23.9 Å². The molecular weight excluding hydrogens is 1090 g/mol. The molecule has 1 aliphatic rings. The van der Waals surface area contributed by atoms with Crippen LogP contribution in [0.3, 0.4) is 0 Å². The molecule has 0 saturated heterocycles. The van der Waals surface area contributed by atoms with Gasteiger partial charge in [0.2, 0.25) is 0 Å². The van der Waals surface area contributed by atoms with Gasteiger partial charge in [-0.25, -0.2) is 14.4 Å². The zero-order chi connectivity index (χ0) is 62.3. The van der Waals surface area contributed by atoms with E-state index in [4.69, 9.17) is 37.9 Å². The van der Waals surface area contributed by atoms with Gasteiger partial charge in [-0.1, -0.05) is 47.4 Å². The highest BCUT2D eigenvalue weighted by atomic mass is 16.6. The Morgan fingerprint density at radius 3 is 0.741 bits per heavy atom. The van der Waals surface area contributed by atoms with E-state index < -0.39 is 30.3 Å². The van der Waals surface area contributed by atoms with Crippen molar-refractivity contribution in [2.75, 3.05) is 52.9 Å². The molecule has 0 N–H and O–H groups in total. The van der Waals surface area contributed by atoms with Crippen LogP contribution in [-0.4, -0.2) is 106 Å². The van der Waals surface area contributed by atoms with Gasteiger partial charge in [-0.05, 0) is 146 Å². The van der Waals surface area contributed by atoms with Crippen molar-refractivity contribution in [3.63, 3.8) is 0 Å². The lowest BCUT2D eigenvalue weighted by Gasteiger charge is -2.25. The van der Waals surface area contributed by atoms with Crippen LogP contribution in [0.1, 0.15) is 199 Å². The zero-order valence-corrected chi connectivity index (χ0v) is 50.5. The minimum Gasteiger partial charge on any atom is -0.489 e. The second-order valence-corrected chi connectivity index (χ2v) is 21.1. The molecule has 5 rings (SSSR count). The van der Waals surface area contributed by atoms with E-state index in [1.165, 1.54) is 27.7 Å². The van der Waals surface area contributed by atoms with Crippen molar-refractivity contribution in [1.29, 1.82) is 0 Å². The number of ketones is 5. The van der Waals surface area contributed by atoms with E-state index in [2.05, 4.69) is 19.7 Å². The van der Waals surface area contributed by atoms with Gasteiger partial charge in [0.15, 0.2) is 23.1 Å². The number of hydrogen-bond acceptors (Lipinski definition) is 17. The Labute approximate surface area is 498 Å². The van der Waals surface area contributed by atoms with E-state index >= 15 is 0 Å². The smallest absolute Gasteiger partial charge is 0.333 e. The van der Waals surface area contributed by atoms with Crippen LogP contribution in [0.25, 0.3) is 0 Å². The topological polar surface area (TPSA) is 227 Å². The first-order valence-electron chi connectivity index (χ1n) is 29.0. The molecule has 0 spiro atoms. The van der Waals surface area contributed by atoms with Crippen LogP contribution in [0.5, 0.6) is 23.0 Å². The van der Waals surface area contributed by atoms with Gasteiger partial charge in [0.05, 0.1) is 0 Å². The molecule has 454 valence electrons. The van der Waals surface area contributed by atoms with Gasteiger partial charge in [-0.15, -0.1) is 0 Å². The van der Waals surface area contributed by atoms with Gasteiger partial charge < -0.3 is 37.9 Å². The Bertz CT molecular complexity index is 3060. The van der Waals surface area contributed by atoms with Gasteiger partial charge in [0.25, 0.3) is 0 Å². The molecule has 0 amide bonds. The molecule has 1 aliphatic carbocycles. The summed E-state index contributed by atoms with van der Waals surface area (Å²) in [6, 6.07) is 13.7. The lowest BCUT2D eigenvalue weighted by Crippen LogP contribution is -2.18. The Morgan fingerprint density at radius 1 is 0.341 bits per heavy atom. The van der Waals surface area contributed by atoms with Crippen molar-refractivity contribution in [2.45, 2.75) is 139 Å². The fraction of sp³-hybridized carbons (Fsp3) is 0.426. The number of benzene rings is 4. The molecule has 8 bridgehead atoms. The molecular formula is C68H80O17. The fourth-order valence-corrected chi connectivity index (χ4v) is 9.52. The quantitative estimate of drug-likeness (QED) is 0.00950. The second-order valence-electron chi connectivity index (χ2n) is 21.1. The summed E-state index contributed by atoms with van der Waals surface area (Å²) in [7, 11) is 0. The lowest BCUT2D eigenvalue weighted by atomic mass is 9.86. The molecule has 0 fully saturated rings. The largest absolute Gasteiger partial charge is 0.489 e. The van der Waals surface area contributed by atoms with E-state index in [9.17, 15) is 43.2 Å². The van der Waals surface area contributed by atoms with Crippen LogP contribution in [0.15, 0.2) is 85.0 Å². The molecule has 17 nitrogen and oxygen atoms in total. The average molecular weight is 1170 g/mol. The number of esters is 4. The monoisotopic (exact) mass is 1170 g/mol. The minimum atomic E-state index is -0.751. The van der Waals surface area contributed by atoms with Crippen LogP contribution in [-0.2, 0) is 68.6 Å². The van der Waals surface area contributed by atoms with E-state index in [1.807, 2.05) is 27.7 Å². The van der Waals surface area contributed by atoms with Crippen LogP contribution in [0.2, 0.25) is 0 Å². The Balaban J connectivity index is 1.99. The molecule has 0 atom stereocenters. The summed E-state index contributed by atoms with van der Waals surface area (Å²) >= 11 is 0. The molecule has 0 aromatic heterocycles. The van der Waals surface area contributed by atoms with Crippen molar-refractivity contribution < 1.29 is 81.0 Å². The van der Waals surface area contributed by atoms with Crippen molar-refractivity contribution in [3.8, 4) is 23.0 Å². The number of carbonyl (C=O) groups is 9. The van der Waals surface area contributed by atoms with Crippen molar-refractivity contribution >= 4 is 52.8 Å². The number of fused-ring (bicyclic) bond motifs is 8. The van der Waals surface area contributed by atoms with E-state index in [-0.39, 0.29) is 173 Å². The van der Waals surface area contributed by atoms with Gasteiger partial charge in [-0.3, -0.25) is 28.8 Å². The summed E-state index contributed by atoms with van der Waals surface area (Å²) in [5.41, 5.74) is 5.49. The van der Waals surface area contributed by atoms with E-state index in [1.54, 1.807) is 48.5 Å². The summed E-state index contributed by atoms with van der Waals surface area (Å²) in [6.45, 7) is 22.9. The van der Waals surface area contributed by atoms with Crippen molar-refractivity contribution in [3.05, 3.63) is 152 Å². The predicted octanol–water partition coefficient (Wildman–Crippen LogP) is 11.7. The summed E-state index contributed by atoms with van der Waals surface area (Å²) in [6.07, 6.45) is 2.15. The highest BCUT2D eigenvalue weighted by molar-refractivity contribution is 5.99. The van der Waals surface area contributed by atoms with Crippen molar-refractivity contribution in [1.82, 2.24) is 0 Å². The van der Waals surface area contributed by atoms with Crippen molar-refractivity contribution in [2.24, 2.45) is 0 Å². The van der Waals surface area contributed by atoms with Crippen LogP contribution in [0, 0.1) is 0 Å². The second kappa shape index (κ2) is 33.1. The third-order valence-corrected chi connectivity index (χ3v) is 13.4. The fourth-order valence-electron chi connectivity index (χ4n) is 9.52. The third kappa shape index (κ3) is 19.8. The van der Waals surface area contributed by atoms with Gasteiger partial charge in [0, 0.05) is 90.3 Å². The summed E-state index contributed by atoms with van der Waals surface area (Å²) in [5.74, 6) is -2.67. The summed E-state index contributed by atoms with van der Waals surface area (Å²) in [4.78, 5) is 120. The number of carbonyl (C=O) groups excluding carboxylic acids is 9. The molecule has 4 aromatic rings. The number of Topliss-reactive ketones (excluding diaryl/α,β-unsaturated/α-hetero) is 5. The molecule has 17 heteroatoms. The molecule has 0 unspecified atom stereocenters. The van der Waals surface area contributed by atoms with Crippen LogP contribution >= 0.6 is 0 Å². The molecule has 0 radical (unpaired) electrons. The molecule has 0 aliphatic heterocycles. The highest BCUT2D eigenvalue weighted by Crippen LogP contribution is 2.42. The summed E-state index contributed by atoms with van der Waals surface area (Å²) < 4.78 is 48.7. The minimum absolute atomic E-state index is 0.0464. The number of rotatable bonds is 33. The SMILES string of the molecule is C=C(C)C(=O)OCCOc1c2cc(C(=O)CCC)cc1Cc1cc(C(=O)CCC)cc(c1OCCOC(=O)C(=C)C)Cc1cc(C(=O)CCC)cc(c1OCCOC(=O)C(=C)C)Cc1cc(C(=O)CCC)cc(c1OCCOC(=O)CC(C)=O)C2. The first-order chi connectivity index (χ1) is 40.6. The van der Waals surface area contributed by atoms with Crippen LogP contribution < -0.4 is 18.9 Å². The first-order valence-corrected chi connectivity index (χ1v) is 29.0. The molecule has 0 heterocycles. The van der Waals surface area contributed by atoms with Crippen LogP contribution in [0.4, 0.5) is 0 Å². The third-order valence-electron chi connectivity index (χ3n) is 13.4.